The first kappa shape index (κ1) is 5.79. The predicted molar refractivity (Wildman–Crippen MR) is 27.5 cm³/mol. The Morgan fingerprint density at radius 2 is 2.20 bits per heavy atom. The SMILES string of the molecule is COB(Cl)Br. The molecule has 0 N–H and O–H groups in total. The van der Waals surface area contributed by atoms with Crippen LogP contribution in [-0.2, 0) is 4.65 Å². The van der Waals surface area contributed by atoms with Crippen LogP contribution < -0.4 is 0 Å². The van der Waals surface area contributed by atoms with Gasteiger partial charge in [0.05, 0.1) is 0 Å². The van der Waals surface area contributed by atoms with Gasteiger partial charge in [-0.2, -0.15) is 0 Å². The van der Waals surface area contributed by atoms with Gasteiger partial charge in [-0.1, -0.05) is 15.8 Å². The summed E-state index contributed by atoms with van der Waals surface area (Å²) in [6.45, 7) is 0. The highest BCUT2D eigenvalue weighted by Crippen LogP contribution is 1.96. The zero-order valence-electron chi connectivity index (χ0n) is 2.74. The lowest BCUT2D eigenvalue weighted by atomic mass is 10.5. The first-order chi connectivity index (χ1) is 2.27. The standard InChI is InChI=1S/CH3BBrClO/c1-5-2(3)4/h1H3. The fourth-order valence-electron chi connectivity index (χ4n) is 0. The molecule has 30 valence electrons. The molecule has 0 aromatic rings. The van der Waals surface area contributed by atoms with Crippen molar-refractivity contribution in [2.24, 2.45) is 0 Å². The summed E-state index contributed by atoms with van der Waals surface area (Å²) in [6.07, 6.45) is 0. The molecule has 0 saturated carbocycles. The average Bonchev–Trinajstić information content (AvgIpc) is 1.38. The lowest BCUT2D eigenvalue weighted by molar-refractivity contribution is 0.451. The van der Waals surface area contributed by atoms with Gasteiger partial charge >= 0.3 is 5.15 Å². The molecule has 0 aliphatic carbocycles. The molecule has 0 radical (unpaired) electrons. The summed E-state index contributed by atoms with van der Waals surface area (Å²) in [5.74, 6) is 0. The van der Waals surface area contributed by atoms with E-state index in [2.05, 4.69) is 20.4 Å². The number of halogens is 2. The van der Waals surface area contributed by atoms with E-state index >= 15 is 0 Å². The molecule has 4 heteroatoms. The molecule has 0 heterocycles. The summed E-state index contributed by atoms with van der Waals surface area (Å²) in [4.78, 5) is 0. The smallest absolute Gasteiger partial charge is 0.415 e. The van der Waals surface area contributed by atoms with Crippen LogP contribution in [0.5, 0.6) is 0 Å². The van der Waals surface area contributed by atoms with Crippen molar-refractivity contribution >= 4 is 32.4 Å². The molecule has 0 spiro atoms. The molecule has 5 heavy (non-hydrogen) atoms. The van der Waals surface area contributed by atoms with Crippen LogP contribution in [0.3, 0.4) is 0 Å². The van der Waals surface area contributed by atoms with Gasteiger partial charge in [-0.3, -0.25) is 0 Å². The van der Waals surface area contributed by atoms with Crippen molar-refractivity contribution in [2.45, 2.75) is 0 Å². The van der Waals surface area contributed by atoms with Crippen molar-refractivity contribution in [3.63, 3.8) is 0 Å². The zero-order chi connectivity index (χ0) is 4.28. The van der Waals surface area contributed by atoms with Crippen molar-refractivity contribution in [3.05, 3.63) is 0 Å². The molecule has 0 aliphatic heterocycles. The third-order valence-corrected chi connectivity index (χ3v) is 0.730. The lowest BCUT2D eigenvalue weighted by Crippen LogP contribution is -1.92. The summed E-state index contributed by atoms with van der Waals surface area (Å²) >= 11 is 8.07. The highest BCUT2D eigenvalue weighted by atomic mass is 79.9. The van der Waals surface area contributed by atoms with Crippen molar-refractivity contribution in [3.8, 4) is 0 Å². The van der Waals surface area contributed by atoms with Gasteiger partial charge in [0.1, 0.15) is 0 Å². The van der Waals surface area contributed by atoms with Gasteiger partial charge in [-0.05, 0) is 0 Å². The van der Waals surface area contributed by atoms with Crippen LogP contribution in [0.25, 0.3) is 0 Å². The van der Waals surface area contributed by atoms with Crippen molar-refractivity contribution in [1.82, 2.24) is 0 Å². The maximum Gasteiger partial charge on any atom is 0.478 e. The normalized spacial score (nSPS) is 7.80. The van der Waals surface area contributed by atoms with E-state index in [1.54, 1.807) is 0 Å². The average molecular weight is 157 g/mol. The minimum Gasteiger partial charge on any atom is -0.415 e. The maximum absolute atomic E-state index is 5.16. The van der Waals surface area contributed by atoms with E-state index in [4.69, 9.17) is 11.5 Å². The molecule has 0 aromatic carbocycles. The van der Waals surface area contributed by atoms with E-state index in [-0.39, 0.29) is 5.15 Å². The molecule has 0 atom stereocenters. The molecule has 0 aliphatic rings. The molecule has 0 amide bonds. The van der Waals surface area contributed by atoms with E-state index in [0.717, 1.165) is 0 Å². The van der Waals surface area contributed by atoms with Crippen molar-refractivity contribution < 1.29 is 4.65 Å². The van der Waals surface area contributed by atoms with Crippen molar-refractivity contribution in [2.75, 3.05) is 7.11 Å². The number of hydrogen-bond acceptors (Lipinski definition) is 1. The first-order valence-corrected chi connectivity index (χ1v) is 2.43. The lowest BCUT2D eigenvalue weighted by Gasteiger charge is -1.83. The summed E-state index contributed by atoms with van der Waals surface area (Å²) < 4.78 is 4.43. The monoisotopic (exact) mass is 156 g/mol. The van der Waals surface area contributed by atoms with Gasteiger partial charge in [0.25, 0.3) is 0 Å². The second-order valence-electron chi connectivity index (χ2n) is 0.496. The predicted octanol–water partition coefficient (Wildman–Crippen LogP) is 1.25. The van der Waals surface area contributed by atoms with Crippen molar-refractivity contribution in [1.29, 1.82) is 0 Å². The van der Waals surface area contributed by atoms with E-state index < -0.39 is 0 Å². The van der Waals surface area contributed by atoms with Crippen LogP contribution in [-0.4, -0.2) is 12.3 Å². The largest absolute Gasteiger partial charge is 0.478 e. The molecular weight excluding hydrogens is 154 g/mol. The van der Waals surface area contributed by atoms with E-state index in [1.807, 2.05) is 0 Å². The summed E-state index contributed by atoms with van der Waals surface area (Å²) in [6, 6.07) is 0. The Kier molecular flexibility index (Phi) is 3.48. The van der Waals surface area contributed by atoms with E-state index in [1.165, 1.54) is 7.11 Å². The third-order valence-electron chi connectivity index (χ3n) is 0.178. The van der Waals surface area contributed by atoms with Crippen LogP contribution in [0.1, 0.15) is 0 Å². The molecule has 0 bridgehead atoms. The van der Waals surface area contributed by atoms with Gasteiger partial charge in [-0.25, -0.2) is 0 Å². The summed E-state index contributed by atoms with van der Waals surface area (Å²) in [7, 11) is 1.52. The Morgan fingerprint density at radius 3 is 2.20 bits per heavy atom. The maximum atomic E-state index is 5.16. The summed E-state index contributed by atoms with van der Waals surface area (Å²) in [5, 5.41) is -0.331. The highest BCUT2D eigenvalue weighted by Gasteiger charge is 1.97. The minimum absolute atomic E-state index is 0.331. The van der Waals surface area contributed by atoms with Gasteiger partial charge in [0, 0.05) is 7.11 Å². The topological polar surface area (TPSA) is 9.23 Å². The first-order valence-electron chi connectivity index (χ1n) is 1.08. The zero-order valence-corrected chi connectivity index (χ0v) is 5.08. The van der Waals surface area contributed by atoms with Crippen LogP contribution in [0.4, 0.5) is 0 Å². The molecule has 0 rings (SSSR count). The van der Waals surface area contributed by atoms with Crippen LogP contribution in [0.2, 0.25) is 0 Å². The molecule has 0 unspecified atom stereocenters. The highest BCUT2D eigenvalue weighted by molar-refractivity contribution is 9.25. The fourth-order valence-corrected chi connectivity index (χ4v) is 0. The molecule has 1 nitrogen and oxygen atoms in total. The Balaban J connectivity index is 2.54. The Hall–Kier alpha value is 0.795. The molecular formula is CH3BBrClO. The quantitative estimate of drug-likeness (QED) is 0.520. The Labute approximate surface area is 44.6 Å². The van der Waals surface area contributed by atoms with Gasteiger partial charge in [0.15, 0.2) is 0 Å². The van der Waals surface area contributed by atoms with Crippen LogP contribution in [0.15, 0.2) is 0 Å². The van der Waals surface area contributed by atoms with Crippen LogP contribution in [0, 0.1) is 0 Å². The van der Waals surface area contributed by atoms with Crippen LogP contribution >= 0.6 is 27.2 Å². The van der Waals surface area contributed by atoms with Gasteiger partial charge < -0.3 is 4.65 Å². The van der Waals surface area contributed by atoms with Gasteiger partial charge in [0.2, 0.25) is 0 Å². The summed E-state index contributed by atoms with van der Waals surface area (Å²) in [5.41, 5.74) is 0. The third kappa shape index (κ3) is 4.79. The fraction of sp³-hybridized carbons (Fsp3) is 1.00. The second-order valence-corrected chi connectivity index (χ2v) is 2.25. The molecule has 0 aromatic heterocycles. The minimum atomic E-state index is -0.331. The Bertz CT molecular complexity index is 25.6. The molecule has 0 fully saturated rings. The number of hydrogen-bond donors (Lipinski definition) is 0. The van der Waals surface area contributed by atoms with Gasteiger partial charge in [-0.15, -0.1) is 11.5 Å². The second kappa shape index (κ2) is 3.00. The Morgan fingerprint density at radius 1 is 2.00 bits per heavy atom. The van der Waals surface area contributed by atoms with E-state index in [9.17, 15) is 0 Å². The molecule has 0 saturated heterocycles. The number of rotatable bonds is 1. The van der Waals surface area contributed by atoms with E-state index in [0.29, 0.717) is 0 Å².